The first-order valence-corrected chi connectivity index (χ1v) is 7.08. The van der Waals surface area contributed by atoms with E-state index in [0.29, 0.717) is 24.7 Å². The lowest BCUT2D eigenvalue weighted by Crippen LogP contribution is -2.29. The molecule has 0 aliphatic rings. The number of carbonyl (C=O) groups excluding carboxylic acids is 1. The van der Waals surface area contributed by atoms with E-state index in [-0.39, 0.29) is 5.91 Å². The maximum Gasteiger partial charge on any atom is 0.269 e. The van der Waals surface area contributed by atoms with Crippen LogP contribution >= 0.6 is 0 Å². The van der Waals surface area contributed by atoms with Crippen molar-refractivity contribution in [3.05, 3.63) is 29.1 Å². The van der Waals surface area contributed by atoms with Gasteiger partial charge in [0.05, 0.1) is 12.2 Å². The number of rotatable bonds is 5. The molecule has 0 aliphatic heterocycles. The predicted molar refractivity (Wildman–Crippen MR) is 79.1 cm³/mol. The Labute approximate surface area is 124 Å². The van der Waals surface area contributed by atoms with E-state index in [4.69, 9.17) is 0 Å². The van der Waals surface area contributed by atoms with Crippen molar-refractivity contribution in [2.45, 2.75) is 40.2 Å². The van der Waals surface area contributed by atoms with E-state index >= 15 is 0 Å². The monoisotopic (exact) mass is 290 g/mol. The van der Waals surface area contributed by atoms with E-state index in [1.54, 1.807) is 16.4 Å². The number of hydrogen-bond acceptors (Lipinski definition) is 4. The lowest BCUT2D eigenvalue weighted by Gasteiger charge is -2.06. The number of aryl methyl sites for hydroxylation is 3. The van der Waals surface area contributed by atoms with Gasteiger partial charge in [-0.15, -0.1) is 0 Å². The first-order chi connectivity index (χ1) is 9.88. The molecule has 1 amide bonds. The van der Waals surface area contributed by atoms with Crippen molar-refractivity contribution in [2.24, 2.45) is 7.05 Å². The molecule has 0 fully saturated rings. The van der Waals surface area contributed by atoms with Crippen LogP contribution in [0.1, 0.15) is 47.6 Å². The topological polar surface area (TPSA) is 77.6 Å². The van der Waals surface area contributed by atoms with E-state index in [0.717, 1.165) is 17.3 Å². The van der Waals surface area contributed by atoms with Crippen molar-refractivity contribution in [3.63, 3.8) is 0 Å². The standard InChI is InChI=1S/C14H22N6O/c1-9(2)12-8-13(19(5)18-12)14(21)15-6-7-20-11(4)16-10(3)17-20/h8-9H,6-7H2,1-5H3,(H,15,21). The summed E-state index contributed by atoms with van der Waals surface area (Å²) in [6.07, 6.45) is 0. The molecule has 7 heteroatoms. The van der Waals surface area contributed by atoms with Crippen LogP contribution in [-0.4, -0.2) is 37.0 Å². The van der Waals surface area contributed by atoms with Crippen molar-refractivity contribution >= 4 is 5.91 Å². The largest absolute Gasteiger partial charge is 0.349 e. The highest BCUT2D eigenvalue weighted by molar-refractivity contribution is 5.92. The molecular weight excluding hydrogens is 268 g/mol. The molecule has 0 aromatic carbocycles. The highest BCUT2D eigenvalue weighted by atomic mass is 16.2. The van der Waals surface area contributed by atoms with Crippen LogP contribution < -0.4 is 5.32 Å². The maximum atomic E-state index is 12.2. The van der Waals surface area contributed by atoms with E-state index in [2.05, 4.69) is 34.3 Å². The molecule has 0 atom stereocenters. The van der Waals surface area contributed by atoms with Crippen molar-refractivity contribution in [1.29, 1.82) is 0 Å². The third-order valence-electron chi connectivity index (χ3n) is 3.29. The van der Waals surface area contributed by atoms with Crippen molar-refractivity contribution in [2.75, 3.05) is 6.54 Å². The Kier molecular flexibility index (Phi) is 4.40. The van der Waals surface area contributed by atoms with Crippen molar-refractivity contribution in [1.82, 2.24) is 29.9 Å². The summed E-state index contributed by atoms with van der Waals surface area (Å²) in [5, 5.41) is 11.5. The molecular formula is C14H22N6O. The number of carbonyl (C=O) groups is 1. The fourth-order valence-electron chi connectivity index (χ4n) is 2.12. The molecule has 7 nitrogen and oxygen atoms in total. The van der Waals surface area contributed by atoms with Crippen LogP contribution in [0.3, 0.4) is 0 Å². The molecule has 0 saturated carbocycles. The second kappa shape index (κ2) is 6.07. The minimum absolute atomic E-state index is 0.119. The Morgan fingerprint density at radius 2 is 2.05 bits per heavy atom. The number of amides is 1. The number of hydrogen-bond donors (Lipinski definition) is 1. The molecule has 0 bridgehead atoms. The van der Waals surface area contributed by atoms with Gasteiger partial charge in [-0.1, -0.05) is 13.8 Å². The van der Waals surface area contributed by atoms with E-state index < -0.39 is 0 Å². The Bertz CT molecular complexity index is 640. The van der Waals surface area contributed by atoms with Gasteiger partial charge in [-0.25, -0.2) is 9.67 Å². The fraction of sp³-hybridized carbons (Fsp3) is 0.571. The average molecular weight is 290 g/mol. The summed E-state index contributed by atoms with van der Waals surface area (Å²) in [4.78, 5) is 16.4. The molecule has 1 N–H and O–H groups in total. The maximum absolute atomic E-state index is 12.2. The third kappa shape index (κ3) is 3.48. The Morgan fingerprint density at radius 1 is 1.33 bits per heavy atom. The average Bonchev–Trinajstić information content (AvgIpc) is 2.93. The molecule has 2 heterocycles. The minimum Gasteiger partial charge on any atom is -0.349 e. The second-order valence-corrected chi connectivity index (χ2v) is 5.42. The number of nitrogens with one attached hydrogen (secondary N) is 1. The molecule has 0 radical (unpaired) electrons. The zero-order chi connectivity index (χ0) is 15.6. The van der Waals surface area contributed by atoms with Crippen LogP contribution in [0.5, 0.6) is 0 Å². The Hall–Kier alpha value is -2.18. The lowest BCUT2D eigenvalue weighted by atomic mass is 10.1. The van der Waals surface area contributed by atoms with Crippen molar-refractivity contribution in [3.8, 4) is 0 Å². The van der Waals surface area contributed by atoms with Gasteiger partial charge in [-0.05, 0) is 25.8 Å². The van der Waals surface area contributed by atoms with Crippen LogP contribution in [0.4, 0.5) is 0 Å². The molecule has 21 heavy (non-hydrogen) atoms. The summed E-state index contributed by atoms with van der Waals surface area (Å²) < 4.78 is 3.41. The van der Waals surface area contributed by atoms with E-state index in [9.17, 15) is 4.79 Å². The van der Waals surface area contributed by atoms with Gasteiger partial charge in [-0.2, -0.15) is 10.2 Å². The molecule has 0 aliphatic carbocycles. The van der Waals surface area contributed by atoms with Crippen LogP contribution in [-0.2, 0) is 13.6 Å². The quantitative estimate of drug-likeness (QED) is 0.897. The fourth-order valence-corrected chi connectivity index (χ4v) is 2.12. The summed E-state index contributed by atoms with van der Waals surface area (Å²) in [5.41, 5.74) is 1.50. The van der Waals surface area contributed by atoms with Gasteiger partial charge in [0, 0.05) is 13.6 Å². The van der Waals surface area contributed by atoms with Crippen molar-refractivity contribution < 1.29 is 4.79 Å². The van der Waals surface area contributed by atoms with Gasteiger partial charge in [0.15, 0.2) is 0 Å². The molecule has 0 spiro atoms. The molecule has 0 unspecified atom stereocenters. The van der Waals surface area contributed by atoms with Crippen LogP contribution in [0, 0.1) is 13.8 Å². The zero-order valence-electron chi connectivity index (χ0n) is 13.2. The Morgan fingerprint density at radius 3 is 2.57 bits per heavy atom. The SMILES string of the molecule is Cc1nc(C)n(CCNC(=O)c2cc(C(C)C)nn2C)n1. The van der Waals surface area contributed by atoms with Crippen LogP contribution in [0.15, 0.2) is 6.07 Å². The smallest absolute Gasteiger partial charge is 0.269 e. The normalized spacial score (nSPS) is 11.1. The second-order valence-electron chi connectivity index (χ2n) is 5.42. The summed E-state index contributed by atoms with van der Waals surface area (Å²) in [6, 6.07) is 1.84. The molecule has 2 rings (SSSR count). The lowest BCUT2D eigenvalue weighted by molar-refractivity contribution is 0.0942. The zero-order valence-corrected chi connectivity index (χ0v) is 13.2. The van der Waals surface area contributed by atoms with Gasteiger partial charge < -0.3 is 5.32 Å². The van der Waals surface area contributed by atoms with Gasteiger partial charge in [0.25, 0.3) is 5.91 Å². The summed E-state index contributed by atoms with van der Waals surface area (Å²) >= 11 is 0. The summed E-state index contributed by atoms with van der Waals surface area (Å²) in [5.74, 6) is 1.78. The minimum atomic E-state index is -0.119. The first-order valence-electron chi connectivity index (χ1n) is 7.08. The van der Waals surface area contributed by atoms with Gasteiger partial charge in [0.1, 0.15) is 17.3 Å². The Balaban J connectivity index is 1.94. The van der Waals surface area contributed by atoms with E-state index in [1.807, 2.05) is 19.9 Å². The highest BCUT2D eigenvalue weighted by Gasteiger charge is 2.14. The number of aromatic nitrogens is 5. The van der Waals surface area contributed by atoms with Crippen LogP contribution in [0.2, 0.25) is 0 Å². The summed E-state index contributed by atoms with van der Waals surface area (Å²) in [7, 11) is 1.78. The van der Waals surface area contributed by atoms with E-state index in [1.165, 1.54) is 0 Å². The van der Waals surface area contributed by atoms with Gasteiger partial charge >= 0.3 is 0 Å². The number of nitrogens with zero attached hydrogens (tertiary/aromatic N) is 5. The van der Waals surface area contributed by atoms with Gasteiger partial charge in [-0.3, -0.25) is 9.48 Å². The first kappa shape index (κ1) is 15.2. The van der Waals surface area contributed by atoms with Gasteiger partial charge in [0.2, 0.25) is 0 Å². The third-order valence-corrected chi connectivity index (χ3v) is 3.29. The molecule has 0 saturated heterocycles. The highest BCUT2D eigenvalue weighted by Crippen LogP contribution is 2.13. The molecule has 2 aromatic heterocycles. The van der Waals surface area contributed by atoms with Crippen LogP contribution in [0.25, 0.3) is 0 Å². The molecule has 2 aromatic rings. The summed E-state index contributed by atoms with van der Waals surface area (Å²) in [6.45, 7) is 8.97. The molecule has 114 valence electrons. The predicted octanol–water partition coefficient (Wildman–Crippen LogP) is 1.18.